The van der Waals surface area contributed by atoms with Crippen LogP contribution in [0.25, 0.3) is 0 Å². The number of alkyl halides is 1. The third-order valence-electron chi connectivity index (χ3n) is 1.56. The maximum atomic E-state index is 5.66. The molecular weight excluding hydrogens is 190 g/mol. The van der Waals surface area contributed by atoms with Gasteiger partial charge in [0.05, 0.1) is 18.7 Å². The number of nitrogen functional groups attached to an aromatic ring is 1. The molecule has 0 amide bonds. The highest BCUT2D eigenvalue weighted by Gasteiger charge is 2.01. The van der Waals surface area contributed by atoms with Gasteiger partial charge in [-0.25, -0.2) is 0 Å². The Kier molecular flexibility index (Phi) is 3.71. The summed E-state index contributed by atoms with van der Waals surface area (Å²) in [5.74, 6) is 1.77. The number of halogens is 1. The third-order valence-corrected chi connectivity index (χ3v) is 1.71. The Morgan fingerprint density at radius 2 is 2.23 bits per heavy atom. The zero-order valence-electron chi connectivity index (χ0n) is 7.42. The predicted octanol–water partition coefficient (Wildman–Crippen LogP) is 1.89. The van der Waals surface area contributed by atoms with Crippen LogP contribution in [0, 0.1) is 0 Å². The molecule has 0 spiro atoms. The molecule has 0 unspecified atom stereocenters. The number of methoxy groups -OCH3 is 1. The fourth-order valence-electron chi connectivity index (χ4n) is 0.915. The normalized spacial score (nSPS) is 9.69. The minimum Gasteiger partial charge on any atom is -0.497 e. The highest BCUT2D eigenvalue weighted by Crippen LogP contribution is 2.26. The summed E-state index contributed by atoms with van der Waals surface area (Å²) in [7, 11) is 1.59. The lowest BCUT2D eigenvalue weighted by molar-refractivity contribution is 0.340. The fourth-order valence-corrected chi connectivity index (χ4v) is 0.992. The molecule has 1 aromatic carbocycles. The average Bonchev–Trinajstić information content (AvgIpc) is 2.17. The number of anilines is 1. The molecule has 13 heavy (non-hydrogen) atoms. The lowest BCUT2D eigenvalue weighted by atomic mass is 10.3. The lowest BCUT2D eigenvalue weighted by Gasteiger charge is -2.08. The molecule has 0 aromatic heterocycles. The van der Waals surface area contributed by atoms with Gasteiger partial charge in [-0.3, -0.25) is 0 Å². The molecule has 4 heteroatoms. The average molecular weight is 202 g/mol. The Hall–Kier alpha value is -1.09. The van der Waals surface area contributed by atoms with E-state index in [2.05, 4.69) is 0 Å². The van der Waals surface area contributed by atoms with Gasteiger partial charge < -0.3 is 15.2 Å². The molecule has 0 atom stereocenters. The van der Waals surface area contributed by atoms with Crippen LogP contribution < -0.4 is 15.2 Å². The maximum Gasteiger partial charge on any atom is 0.145 e. The molecule has 0 aliphatic heterocycles. The van der Waals surface area contributed by atoms with Crippen LogP contribution in [0.2, 0.25) is 0 Å². The summed E-state index contributed by atoms with van der Waals surface area (Å²) in [6, 6.07) is 5.26. The molecule has 2 N–H and O–H groups in total. The van der Waals surface area contributed by atoms with Crippen molar-refractivity contribution in [3.63, 3.8) is 0 Å². The summed E-state index contributed by atoms with van der Waals surface area (Å²) in [4.78, 5) is 0. The van der Waals surface area contributed by atoms with Crippen molar-refractivity contribution in [1.82, 2.24) is 0 Å². The van der Waals surface area contributed by atoms with Crippen LogP contribution in [0.1, 0.15) is 0 Å². The van der Waals surface area contributed by atoms with Crippen LogP contribution in [-0.4, -0.2) is 19.6 Å². The van der Waals surface area contributed by atoms with E-state index < -0.39 is 0 Å². The van der Waals surface area contributed by atoms with Crippen LogP contribution in [0.15, 0.2) is 18.2 Å². The topological polar surface area (TPSA) is 44.5 Å². The van der Waals surface area contributed by atoms with Crippen molar-refractivity contribution < 1.29 is 9.47 Å². The Labute approximate surface area is 82.4 Å². The first-order chi connectivity index (χ1) is 6.27. The summed E-state index contributed by atoms with van der Waals surface area (Å²) >= 11 is 5.48. The quantitative estimate of drug-likeness (QED) is 0.598. The SMILES string of the molecule is COc1ccc(N)c(OCCCl)c1. The Bertz CT molecular complexity index is 278. The van der Waals surface area contributed by atoms with Gasteiger partial charge in [0.2, 0.25) is 0 Å². The number of hydrogen-bond acceptors (Lipinski definition) is 3. The highest BCUT2D eigenvalue weighted by molar-refractivity contribution is 6.18. The lowest BCUT2D eigenvalue weighted by Crippen LogP contribution is -2.01. The van der Waals surface area contributed by atoms with Crippen LogP contribution >= 0.6 is 11.6 Å². The van der Waals surface area contributed by atoms with Crippen LogP contribution in [-0.2, 0) is 0 Å². The molecule has 0 fully saturated rings. The minimum absolute atomic E-state index is 0.441. The van der Waals surface area contributed by atoms with E-state index in [4.69, 9.17) is 26.8 Å². The molecule has 0 saturated heterocycles. The number of ether oxygens (including phenoxy) is 2. The van der Waals surface area contributed by atoms with Gasteiger partial charge in [0.15, 0.2) is 0 Å². The van der Waals surface area contributed by atoms with Crippen molar-refractivity contribution in [1.29, 1.82) is 0 Å². The van der Waals surface area contributed by atoms with Gasteiger partial charge in [0.25, 0.3) is 0 Å². The fraction of sp³-hybridized carbons (Fsp3) is 0.333. The molecule has 1 rings (SSSR count). The first-order valence-corrected chi connectivity index (χ1v) is 4.43. The van der Waals surface area contributed by atoms with Gasteiger partial charge in [-0.1, -0.05) is 0 Å². The molecule has 0 bridgehead atoms. The van der Waals surface area contributed by atoms with Crippen LogP contribution in [0.3, 0.4) is 0 Å². The second-order valence-electron chi connectivity index (χ2n) is 2.44. The number of nitrogens with two attached hydrogens (primary N) is 1. The predicted molar refractivity (Wildman–Crippen MR) is 53.6 cm³/mol. The number of rotatable bonds is 4. The number of benzene rings is 1. The molecule has 0 aliphatic rings. The smallest absolute Gasteiger partial charge is 0.145 e. The molecule has 1 aromatic rings. The van der Waals surface area contributed by atoms with Crippen LogP contribution in [0.4, 0.5) is 5.69 Å². The van der Waals surface area contributed by atoms with E-state index in [0.29, 0.717) is 23.9 Å². The third kappa shape index (κ3) is 2.70. The molecular formula is C9H12ClNO2. The first kappa shape index (κ1) is 9.99. The second-order valence-corrected chi connectivity index (χ2v) is 2.82. The van der Waals surface area contributed by atoms with E-state index in [9.17, 15) is 0 Å². The zero-order valence-corrected chi connectivity index (χ0v) is 8.17. The first-order valence-electron chi connectivity index (χ1n) is 3.90. The van der Waals surface area contributed by atoms with Crippen molar-refractivity contribution in [3.05, 3.63) is 18.2 Å². The summed E-state index contributed by atoms with van der Waals surface area (Å²) in [5.41, 5.74) is 6.25. The van der Waals surface area contributed by atoms with Crippen molar-refractivity contribution in [3.8, 4) is 11.5 Å². The Morgan fingerprint density at radius 3 is 2.85 bits per heavy atom. The van der Waals surface area contributed by atoms with Crippen molar-refractivity contribution >= 4 is 17.3 Å². The van der Waals surface area contributed by atoms with Gasteiger partial charge in [-0.2, -0.15) is 0 Å². The van der Waals surface area contributed by atoms with E-state index >= 15 is 0 Å². The second kappa shape index (κ2) is 4.82. The van der Waals surface area contributed by atoms with Gasteiger partial charge in [0, 0.05) is 6.07 Å². The van der Waals surface area contributed by atoms with Crippen LogP contribution in [0.5, 0.6) is 11.5 Å². The Morgan fingerprint density at radius 1 is 1.46 bits per heavy atom. The maximum absolute atomic E-state index is 5.66. The molecule has 0 heterocycles. The van der Waals surface area contributed by atoms with Crippen molar-refractivity contribution in [2.24, 2.45) is 0 Å². The standard InChI is InChI=1S/C9H12ClNO2/c1-12-7-2-3-8(11)9(6-7)13-5-4-10/h2-3,6H,4-5,11H2,1H3. The highest BCUT2D eigenvalue weighted by atomic mass is 35.5. The van der Waals surface area contributed by atoms with E-state index in [-0.39, 0.29) is 0 Å². The largest absolute Gasteiger partial charge is 0.497 e. The van der Waals surface area contributed by atoms with E-state index in [1.54, 1.807) is 25.3 Å². The zero-order chi connectivity index (χ0) is 9.68. The van der Waals surface area contributed by atoms with Crippen molar-refractivity contribution in [2.45, 2.75) is 0 Å². The van der Waals surface area contributed by atoms with Gasteiger partial charge in [-0.05, 0) is 12.1 Å². The summed E-state index contributed by atoms with van der Waals surface area (Å²) in [5, 5.41) is 0. The summed E-state index contributed by atoms with van der Waals surface area (Å²) in [6.45, 7) is 0.443. The summed E-state index contributed by atoms with van der Waals surface area (Å²) in [6.07, 6.45) is 0. The molecule has 72 valence electrons. The Balaban J connectivity index is 2.78. The van der Waals surface area contributed by atoms with E-state index in [1.165, 1.54) is 0 Å². The minimum atomic E-state index is 0.441. The van der Waals surface area contributed by atoms with E-state index in [0.717, 1.165) is 5.75 Å². The molecule has 0 aliphatic carbocycles. The van der Waals surface area contributed by atoms with Gasteiger partial charge in [-0.15, -0.1) is 11.6 Å². The summed E-state index contributed by atoms with van der Waals surface area (Å²) < 4.78 is 10.3. The van der Waals surface area contributed by atoms with Gasteiger partial charge in [0.1, 0.15) is 18.1 Å². The molecule has 3 nitrogen and oxygen atoms in total. The van der Waals surface area contributed by atoms with Gasteiger partial charge >= 0.3 is 0 Å². The molecule has 0 saturated carbocycles. The number of hydrogen-bond donors (Lipinski definition) is 1. The van der Waals surface area contributed by atoms with Crippen molar-refractivity contribution in [2.75, 3.05) is 25.3 Å². The monoisotopic (exact) mass is 201 g/mol. The molecule has 0 radical (unpaired) electrons. The van der Waals surface area contributed by atoms with E-state index in [1.807, 2.05) is 0 Å².